The van der Waals surface area contributed by atoms with Crippen LogP contribution in [0.25, 0.3) is 5.65 Å². The van der Waals surface area contributed by atoms with E-state index in [1.165, 1.54) is 18.5 Å². The summed E-state index contributed by atoms with van der Waals surface area (Å²) in [5, 5.41) is 14.1. The van der Waals surface area contributed by atoms with Gasteiger partial charge in [0.1, 0.15) is 0 Å². The molecule has 3 aromatic heterocycles. The third kappa shape index (κ3) is 2.82. The summed E-state index contributed by atoms with van der Waals surface area (Å²) in [6.45, 7) is 1.78. The fourth-order valence-corrected chi connectivity index (χ4v) is 3.58. The van der Waals surface area contributed by atoms with E-state index in [0.717, 1.165) is 43.4 Å². The molecule has 8 heteroatoms. The molecule has 0 spiro atoms. The van der Waals surface area contributed by atoms with Crippen molar-refractivity contribution in [2.45, 2.75) is 37.5 Å². The molecule has 0 aromatic carbocycles. The van der Waals surface area contributed by atoms with Gasteiger partial charge in [0.2, 0.25) is 5.95 Å². The van der Waals surface area contributed by atoms with Crippen LogP contribution in [0.3, 0.4) is 0 Å². The smallest absolute Gasteiger partial charge is 0.225 e. The molecule has 0 N–H and O–H groups in total. The minimum atomic E-state index is 0.362. The van der Waals surface area contributed by atoms with E-state index < -0.39 is 0 Å². The normalized spacial score (nSPS) is 18.8. The van der Waals surface area contributed by atoms with Gasteiger partial charge >= 0.3 is 0 Å². The second-order valence-corrected chi connectivity index (χ2v) is 7.26. The van der Waals surface area contributed by atoms with Crippen LogP contribution in [0.5, 0.6) is 0 Å². The van der Waals surface area contributed by atoms with Crippen molar-refractivity contribution >= 4 is 23.2 Å². The molecule has 0 atom stereocenters. The summed E-state index contributed by atoms with van der Waals surface area (Å²) in [5.41, 5.74) is 2.00. The summed E-state index contributed by atoms with van der Waals surface area (Å²) in [4.78, 5) is 10.8. The first kappa shape index (κ1) is 15.0. The van der Waals surface area contributed by atoms with Crippen LogP contribution in [-0.4, -0.2) is 42.9 Å². The van der Waals surface area contributed by atoms with Crippen LogP contribution in [-0.2, 0) is 0 Å². The van der Waals surface area contributed by atoms with Gasteiger partial charge in [-0.25, -0.2) is 9.97 Å². The van der Waals surface area contributed by atoms with Crippen LogP contribution in [0.1, 0.15) is 49.0 Å². The Morgan fingerprint density at radius 1 is 0.920 bits per heavy atom. The number of anilines is 1. The third-order valence-electron chi connectivity index (χ3n) is 5.05. The largest absolute Gasteiger partial charge is 0.341 e. The Balaban J connectivity index is 1.35. The molecule has 1 aliphatic heterocycles. The number of halogens is 1. The first-order valence-corrected chi connectivity index (χ1v) is 9.10. The lowest BCUT2D eigenvalue weighted by Crippen LogP contribution is -2.34. The minimum absolute atomic E-state index is 0.362. The van der Waals surface area contributed by atoms with Gasteiger partial charge in [-0.15, -0.1) is 10.2 Å². The van der Waals surface area contributed by atoms with Crippen molar-refractivity contribution in [1.82, 2.24) is 29.8 Å². The average Bonchev–Trinajstić information content (AvgIpc) is 3.42. The average molecular weight is 356 g/mol. The van der Waals surface area contributed by atoms with Gasteiger partial charge in [-0.2, -0.15) is 9.61 Å². The molecule has 1 saturated heterocycles. The van der Waals surface area contributed by atoms with Crippen molar-refractivity contribution in [3.8, 4) is 0 Å². The molecular formula is C17H18ClN7. The predicted molar refractivity (Wildman–Crippen MR) is 94.0 cm³/mol. The topological polar surface area (TPSA) is 72.1 Å². The third-order valence-corrected chi connectivity index (χ3v) is 5.25. The van der Waals surface area contributed by atoms with Gasteiger partial charge in [0.15, 0.2) is 11.5 Å². The Labute approximate surface area is 150 Å². The first-order chi connectivity index (χ1) is 12.3. The molecular weight excluding hydrogens is 338 g/mol. The SMILES string of the molecule is Clc1cnc(N2CCC(c3nnc4ccc(C5CC5)nn34)CC2)nc1. The fourth-order valence-electron chi connectivity index (χ4n) is 3.48. The van der Waals surface area contributed by atoms with E-state index in [-0.39, 0.29) is 0 Å². The van der Waals surface area contributed by atoms with Crippen molar-refractivity contribution in [3.05, 3.63) is 41.1 Å². The van der Waals surface area contributed by atoms with Gasteiger partial charge in [0.25, 0.3) is 0 Å². The first-order valence-electron chi connectivity index (χ1n) is 8.73. The van der Waals surface area contributed by atoms with E-state index in [2.05, 4.69) is 31.1 Å². The maximum atomic E-state index is 5.87. The summed E-state index contributed by atoms with van der Waals surface area (Å²) in [6.07, 6.45) is 7.76. The Morgan fingerprint density at radius 2 is 1.68 bits per heavy atom. The highest BCUT2D eigenvalue weighted by Crippen LogP contribution is 2.39. The van der Waals surface area contributed by atoms with E-state index in [1.54, 1.807) is 12.4 Å². The molecule has 0 radical (unpaired) electrons. The number of hydrogen-bond donors (Lipinski definition) is 0. The summed E-state index contributed by atoms with van der Waals surface area (Å²) in [6, 6.07) is 4.12. The Morgan fingerprint density at radius 3 is 2.40 bits per heavy atom. The van der Waals surface area contributed by atoms with Crippen molar-refractivity contribution in [2.24, 2.45) is 0 Å². The molecule has 3 aromatic rings. The Bertz CT molecular complexity index is 895. The van der Waals surface area contributed by atoms with Crippen molar-refractivity contribution in [2.75, 3.05) is 18.0 Å². The second kappa shape index (κ2) is 5.91. The lowest BCUT2D eigenvalue weighted by atomic mass is 9.96. The van der Waals surface area contributed by atoms with Crippen molar-refractivity contribution in [1.29, 1.82) is 0 Å². The van der Waals surface area contributed by atoms with Crippen LogP contribution in [0.4, 0.5) is 5.95 Å². The lowest BCUT2D eigenvalue weighted by molar-refractivity contribution is 0.472. The molecule has 1 aliphatic carbocycles. The van der Waals surface area contributed by atoms with Crippen LogP contribution in [0.15, 0.2) is 24.5 Å². The zero-order chi connectivity index (χ0) is 16.8. The fraction of sp³-hybridized carbons (Fsp3) is 0.471. The number of aromatic nitrogens is 6. The highest BCUT2D eigenvalue weighted by atomic mass is 35.5. The molecule has 25 heavy (non-hydrogen) atoms. The van der Waals surface area contributed by atoms with Gasteiger partial charge in [0.05, 0.1) is 23.1 Å². The van der Waals surface area contributed by atoms with Crippen LogP contribution in [0, 0.1) is 0 Å². The molecule has 7 nitrogen and oxygen atoms in total. The maximum Gasteiger partial charge on any atom is 0.225 e. The van der Waals surface area contributed by atoms with Crippen molar-refractivity contribution in [3.63, 3.8) is 0 Å². The van der Waals surface area contributed by atoms with E-state index in [1.807, 2.05) is 10.6 Å². The molecule has 0 amide bonds. The zero-order valence-corrected chi connectivity index (χ0v) is 14.5. The van der Waals surface area contributed by atoms with Gasteiger partial charge in [-0.3, -0.25) is 0 Å². The van der Waals surface area contributed by atoms with E-state index in [0.29, 0.717) is 16.9 Å². The zero-order valence-electron chi connectivity index (χ0n) is 13.7. The standard InChI is InChI=1S/C17H18ClN7/c18-13-9-19-17(20-10-13)24-7-5-12(6-8-24)16-22-21-15-4-3-14(11-1-2-11)23-25(15)16/h3-4,9-12H,1-2,5-8H2. The number of nitrogens with zero attached hydrogens (tertiary/aromatic N) is 7. The predicted octanol–water partition coefficient (Wildman–Crippen LogP) is 2.83. The van der Waals surface area contributed by atoms with Crippen LogP contribution in [0.2, 0.25) is 5.02 Å². The van der Waals surface area contributed by atoms with Crippen molar-refractivity contribution < 1.29 is 0 Å². The van der Waals surface area contributed by atoms with Gasteiger partial charge in [-0.05, 0) is 37.8 Å². The monoisotopic (exact) mass is 355 g/mol. The highest BCUT2D eigenvalue weighted by molar-refractivity contribution is 6.30. The molecule has 0 bridgehead atoms. The lowest BCUT2D eigenvalue weighted by Gasteiger charge is -2.30. The van der Waals surface area contributed by atoms with Crippen LogP contribution >= 0.6 is 11.6 Å². The number of rotatable bonds is 3. The summed E-state index contributed by atoms with van der Waals surface area (Å²) >= 11 is 5.87. The van der Waals surface area contributed by atoms with E-state index >= 15 is 0 Å². The quantitative estimate of drug-likeness (QED) is 0.719. The highest BCUT2D eigenvalue weighted by Gasteiger charge is 2.28. The van der Waals surface area contributed by atoms with Gasteiger partial charge in [-0.1, -0.05) is 11.6 Å². The van der Waals surface area contributed by atoms with Gasteiger partial charge < -0.3 is 4.90 Å². The number of fused-ring (bicyclic) bond motifs is 1. The van der Waals surface area contributed by atoms with Gasteiger partial charge in [0, 0.05) is 24.9 Å². The summed E-state index contributed by atoms with van der Waals surface area (Å²) < 4.78 is 1.95. The Hall–Kier alpha value is -2.28. The summed E-state index contributed by atoms with van der Waals surface area (Å²) in [5.74, 6) is 2.71. The summed E-state index contributed by atoms with van der Waals surface area (Å²) in [7, 11) is 0. The number of hydrogen-bond acceptors (Lipinski definition) is 6. The maximum absolute atomic E-state index is 5.87. The molecule has 2 aliphatic rings. The van der Waals surface area contributed by atoms with E-state index in [4.69, 9.17) is 16.7 Å². The minimum Gasteiger partial charge on any atom is -0.341 e. The van der Waals surface area contributed by atoms with E-state index in [9.17, 15) is 0 Å². The number of piperidine rings is 1. The molecule has 4 heterocycles. The molecule has 128 valence electrons. The Kier molecular flexibility index (Phi) is 3.55. The molecule has 2 fully saturated rings. The molecule has 0 unspecified atom stereocenters. The second-order valence-electron chi connectivity index (χ2n) is 6.82. The molecule has 1 saturated carbocycles. The van der Waals surface area contributed by atoms with Crippen LogP contribution < -0.4 is 4.90 Å². The molecule has 5 rings (SSSR count).